The Hall–Kier alpha value is -2.64. The number of aliphatic hydroxyl groups excluding tert-OH is 1. The smallest absolute Gasteiger partial charge is 0.168 e. The zero-order valence-corrected chi connectivity index (χ0v) is 14.9. The second kappa shape index (κ2) is 7.94. The highest BCUT2D eigenvalue weighted by Crippen LogP contribution is 2.36. The van der Waals surface area contributed by atoms with Crippen molar-refractivity contribution in [3.05, 3.63) is 77.4 Å². The molecule has 0 amide bonds. The molecular weight excluding hydrogens is 345 g/mol. The highest BCUT2D eigenvalue weighted by Gasteiger charge is 2.37. The van der Waals surface area contributed by atoms with Crippen LogP contribution < -0.4 is 0 Å². The molecule has 6 nitrogen and oxygen atoms in total. The Bertz CT molecular complexity index is 885. The zero-order valence-electron chi connectivity index (χ0n) is 14.9. The monoisotopic (exact) mass is 367 g/mol. The van der Waals surface area contributed by atoms with Crippen molar-refractivity contribution in [1.82, 2.24) is 25.1 Å². The topological polar surface area (TPSA) is 67.1 Å². The molecule has 1 fully saturated rings. The zero-order chi connectivity index (χ0) is 18.6. The fourth-order valence-corrected chi connectivity index (χ4v) is 3.81. The van der Waals surface area contributed by atoms with E-state index in [1.54, 1.807) is 6.07 Å². The van der Waals surface area contributed by atoms with E-state index in [2.05, 4.69) is 20.4 Å². The number of hydrogen-bond donors (Lipinski definition) is 1. The van der Waals surface area contributed by atoms with Gasteiger partial charge in [-0.05, 0) is 46.5 Å². The fourth-order valence-electron chi connectivity index (χ4n) is 3.81. The molecule has 2 aromatic carbocycles. The molecule has 0 bridgehead atoms. The molecule has 0 radical (unpaired) electrons. The van der Waals surface area contributed by atoms with Crippen molar-refractivity contribution in [3.63, 3.8) is 0 Å². The van der Waals surface area contributed by atoms with Gasteiger partial charge < -0.3 is 5.11 Å². The lowest BCUT2D eigenvalue weighted by Gasteiger charge is -2.28. The van der Waals surface area contributed by atoms with Gasteiger partial charge in [-0.2, -0.15) is 0 Å². The maximum atomic E-state index is 13.6. The quantitative estimate of drug-likeness (QED) is 0.725. The molecule has 1 aliphatic heterocycles. The molecule has 0 saturated carbocycles. The van der Waals surface area contributed by atoms with Gasteiger partial charge in [-0.25, -0.2) is 9.07 Å². The van der Waals surface area contributed by atoms with Crippen LogP contribution in [0.3, 0.4) is 0 Å². The summed E-state index contributed by atoms with van der Waals surface area (Å²) >= 11 is 0. The van der Waals surface area contributed by atoms with Crippen LogP contribution in [-0.4, -0.2) is 42.9 Å². The van der Waals surface area contributed by atoms with Gasteiger partial charge in [0, 0.05) is 12.6 Å². The highest BCUT2D eigenvalue weighted by atomic mass is 19.1. The summed E-state index contributed by atoms with van der Waals surface area (Å²) < 4.78 is 15.4. The SMILES string of the molecule is OC[C@@H]1CC[C@H](c2nnnn2Cc2ccccc2)N1Cc1cccc(F)c1. The first kappa shape index (κ1) is 17.8. The van der Waals surface area contributed by atoms with Crippen LogP contribution in [0.4, 0.5) is 4.39 Å². The average Bonchev–Trinajstić information content (AvgIpc) is 3.29. The number of benzene rings is 2. The number of aliphatic hydroxyl groups is 1. The van der Waals surface area contributed by atoms with Crippen LogP contribution in [0, 0.1) is 5.82 Å². The van der Waals surface area contributed by atoms with Crippen LogP contribution in [0.5, 0.6) is 0 Å². The third-order valence-electron chi connectivity index (χ3n) is 5.14. The number of rotatable bonds is 6. The van der Waals surface area contributed by atoms with E-state index in [-0.39, 0.29) is 24.5 Å². The Morgan fingerprint density at radius 3 is 2.59 bits per heavy atom. The normalized spacial score (nSPS) is 20.2. The summed E-state index contributed by atoms with van der Waals surface area (Å²) in [6, 6.07) is 16.6. The summed E-state index contributed by atoms with van der Waals surface area (Å²) in [5.74, 6) is 0.531. The van der Waals surface area contributed by atoms with Crippen molar-refractivity contribution >= 4 is 0 Å². The van der Waals surface area contributed by atoms with Crippen LogP contribution in [0.15, 0.2) is 54.6 Å². The molecule has 1 aromatic heterocycles. The van der Waals surface area contributed by atoms with Gasteiger partial charge in [-0.3, -0.25) is 4.90 Å². The second-order valence-corrected chi connectivity index (χ2v) is 6.91. The number of halogens is 1. The van der Waals surface area contributed by atoms with Gasteiger partial charge >= 0.3 is 0 Å². The average molecular weight is 367 g/mol. The van der Waals surface area contributed by atoms with Crippen LogP contribution in [0.2, 0.25) is 0 Å². The third kappa shape index (κ3) is 3.89. The van der Waals surface area contributed by atoms with Gasteiger partial charge in [0.05, 0.1) is 19.2 Å². The largest absolute Gasteiger partial charge is 0.395 e. The summed E-state index contributed by atoms with van der Waals surface area (Å²) in [6.07, 6.45) is 1.71. The van der Waals surface area contributed by atoms with Crippen molar-refractivity contribution < 1.29 is 9.50 Å². The molecule has 1 aliphatic rings. The van der Waals surface area contributed by atoms with E-state index in [4.69, 9.17) is 0 Å². The van der Waals surface area contributed by atoms with E-state index >= 15 is 0 Å². The number of nitrogens with zero attached hydrogens (tertiary/aromatic N) is 5. The van der Waals surface area contributed by atoms with Gasteiger partial charge in [-0.15, -0.1) is 5.10 Å². The van der Waals surface area contributed by atoms with Crippen molar-refractivity contribution in [2.24, 2.45) is 0 Å². The number of aromatic nitrogens is 4. The molecule has 0 spiro atoms. The minimum absolute atomic E-state index is 0.0101. The Morgan fingerprint density at radius 1 is 1.00 bits per heavy atom. The molecule has 1 N–H and O–H groups in total. The summed E-state index contributed by atoms with van der Waals surface area (Å²) in [6.45, 7) is 1.20. The minimum Gasteiger partial charge on any atom is -0.395 e. The van der Waals surface area contributed by atoms with E-state index in [1.165, 1.54) is 12.1 Å². The van der Waals surface area contributed by atoms with Gasteiger partial charge in [0.15, 0.2) is 5.82 Å². The standard InChI is InChI=1S/C20H22FN5O/c21-17-8-4-7-16(11-17)12-25-18(14-27)9-10-19(25)20-22-23-24-26(20)13-15-5-2-1-3-6-15/h1-8,11,18-19,27H,9-10,12-14H2/t18-,19+/m0/s1. The maximum absolute atomic E-state index is 13.6. The minimum atomic E-state index is -0.252. The van der Waals surface area contributed by atoms with Crippen molar-refractivity contribution in [2.75, 3.05) is 6.61 Å². The van der Waals surface area contributed by atoms with Gasteiger partial charge in [-0.1, -0.05) is 42.5 Å². The van der Waals surface area contributed by atoms with Crippen molar-refractivity contribution in [3.8, 4) is 0 Å². The van der Waals surface area contributed by atoms with E-state index < -0.39 is 0 Å². The van der Waals surface area contributed by atoms with Gasteiger partial charge in [0.1, 0.15) is 5.82 Å². The number of tetrazole rings is 1. The second-order valence-electron chi connectivity index (χ2n) is 6.91. The molecule has 27 heavy (non-hydrogen) atoms. The van der Waals surface area contributed by atoms with Crippen LogP contribution in [-0.2, 0) is 13.1 Å². The Kier molecular flexibility index (Phi) is 5.22. The highest BCUT2D eigenvalue weighted by molar-refractivity contribution is 5.18. The third-order valence-corrected chi connectivity index (χ3v) is 5.14. The molecule has 0 aliphatic carbocycles. The van der Waals surface area contributed by atoms with E-state index in [9.17, 15) is 9.50 Å². The van der Waals surface area contributed by atoms with Crippen molar-refractivity contribution in [1.29, 1.82) is 0 Å². The first-order chi connectivity index (χ1) is 13.2. The lowest BCUT2D eigenvalue weighted by Crippen LogP contribution is -2.34. The Labute approximate surface area is 157 Å². The summed E-state index contributed by atoms with van der Waals surface area (Å²) in [5, 5.41) is 22.1. The predicted molar refractivity (Wildman–Crippen MR) is 98.2 cm³/mol. The Balaban J connectivity index is 1.59. The van der Waals surface area contributed by atoms with E-state index in [1.807, 2.05) is 41.1 Å². The molecule has 140 valence electrons. The van der Waals surface area contributed by atoms with Gasteiger partial charge in [0.25, 0.3) is 0 Å². The van der Waals surface area contributed by atoms with Crippen LogP contribution in [0.25, 0.3) is 0 Å². The Morgan fingerprint density at radius 2 is 1.81 bits per heavy atom. The van der Waals surface area contributed by atoms with E-state index in [0.717, 1.165) is 29.8 Å². The number of hydrogen-bond acceptors (Lipinski definition) is 5. The van der Waals surface area contributed by atoms with E-state index in [0.29, 0.717) is 13.1 Å². The first-order valence-electron chi connectivity index (χ1n) is 9.15. The molecule has 3 aromatic rings. The molecule has 4 rings (SSSR count). The fraction of sp³-hybridized carbons (Fsp3) is 0.350. The number of likely N-dealkylation sites (tertiary alicyclic amines) is 1. The van der Waals surface area contributed by atoms with Crippen LogP contribution in [0.1, 0.15) is 35.8 Å². The lowest BCUT2D eigenvalue weighted by atomic mass is 10.1. The first-order valence-corrected chi connectivity index (χ1v) is 9.15. The summed E-state index contributed by atoms with van der Waals surface area (Å²) in [4.78, 5) is 2.18. The summed E-state index contributed by atoms with van der Waals surface area (Å²) in [7, 11) is 0. The molecule has 2 heterocycles. The summed E-state index contributed by atoms with van der Waals surface area (Å²) in [5.41, 5.74) is 2.00. The molecule has 0 unspecified atom stereocenters. The van der Waals surface area contributed by atoms with Crippen molar-refractivity contribution in [2.45, 2.75) is 38.0 Å². The molecular formula is C20H22FN5O. The maximum Gasteiger partial charge on any atom is 0.168 e. The van der Waals surface area contributed by atoms with Gasteiger partial charge in [0.2, 0.25) is 0 Å². The molecule has 7 heteroatoms. The molecule has 2 atom stereocenters. The molecule has 1 saturated heterocycles. The predicted octanol–water partition coefficient (Wildman–Crippen LogP) is 2.56. The lowest BCUT2D eigenvalue weighted by molar-refractivity contribution is 0.117. The van der Waals surface area contributed by atoms with Crippen LogP contribution >= 0.6 is 0 Å².